The molecule has 0 heterocycles. The lowest BCUT2D eigenvalue weighted by Gasteiger charge is -2.44. The molecule has 0 aliphatic heterocycles. The van der Waals surface area contributed by atoms with Gasteiger partial charge in [-0.1, -0.05) is 44.0 Å². The Bertz CT molecular complexity index is 1100. The van der Waals surface area contributed by atoms with Gasteiger partial charge < -0.3 is 0 Å². The Kier molecular flexibility index (Phi) is 9.58. The Balaban J connectivity index is 3.92. The van der Waals surface area contributed by atoms with Crippen molar-refractivity contribution in [3.63, 3.8) is 0 Å². The standard InChI is InChI=1S/C18H7Br2F21/c19-4-6-1-2-7(5-20)8(3-6)9(21,22)10(23,24)11(25,26)12(27,28)13(29,30)14(31,32)15(33,34)16(35,36)17(37,38)18(39,40)41/h1-3H,4-5H2. The summed E-state index contributed by atoms with van der Waals surface area (Å²) in [5, 5.41) is -1.53. The zero-order valence-electron chi connectivity index (χ0n) is 18.3. The molecule has 0 aliphatic rings. The molecule has 0 atom stereocenters. The Morgan fingerprint density at radius 3 is 1.02 bits per heavy atom. The lowest BCUT2D eigenvalue weighted by molar-refractivity contribution is -0.474. The first-order chi connectivity index (χ1) is 17.7. The summed E-state index contributed by atoms with van der Waals surface area (Å²) in [6, 6.07) is 1.20. The third-order valence-corrected chi connectivity index (χ3v) is 6.57. The van der Waals surface area contributed by atoms with Crippen molar-refractivity contribution in [1.29, 1.82) is 0 Å². The van der Waals surface area contributed by atoms with Crippen molar-refractivity contribution < 1.29 is 92.2 Å². The number of alkyl halides is 23. The SMILES string of the molecule is FC(F)(F)C(F)(F)C(F)(F)C(F)(F)C(F)(F)C(F)(F)C(F)(F)C(F)(F)C(F)(F)C(F)(F)c1cc(CBr)ccc1CBr. The summed E-state index contributed by atoms with van der Waals surface area (Å²) in [6.45, 7) is 0. The molecular formula is C18H7Br2F21. The third-order valence-electron chi connectivity index (χ3n) is 5.32. The highest BCUT2D eigenvalue weighted by Crippen LogP contribution is 2.67. The predicted molar refractivity (Wildman–Crippen MR) is 101 cm³/mol. The van der Waals surface area contributed by atoms with Crippen molar-refractivity contribution in [3.8, 4) is 0 Å². The summed E-state index contributed by atoms with van der Waals surface area (Å²) in [5.74, 6) is -77.2. The van der Waals surface area contributed by atoms with Crippen LogP contribution in [0.15, 0.2) is 18.2 Å². The molecule has 240 valence electrons. The first-order valence-electron chi connectivity index (χ1n) is 9.45. The molecule has 0 saturated carbocycles. The minimum absolute atomic E-state index is 0.103. The van der Waals surface area contributed by atoms with E-state index in [1.807, 2.05) is 0 Å². The van der Waals surface area contributed by atoms with Crippen LogP contribution in [-0.4, -0.2) is 53.6 Å². The second-order valence-electron chi connectivity index (χ2n) is 7.93. The lowest BCUT2D eigenvalue weighted by atomic mass is 9.84. The van der Waals surface area contributed by atoms with Gasteiger partial charge in [0.2, 0.25) is 0 Å². The molecule has 1 aromatic rings. The van der Waals surface area contributed by atoms with E-state index >= 15 is 0 Å². The summed E-state index contributed by atoms with van der Waals surface area (Å²) >= 11 is 4.98. The van der Waals surface area contributed by atoms with Crippen molar-refractivity contribution >= 4 is 31.9 Å². The molecule has 23 heteroatoms. The van der Waals surface area contributed by atoms with E-state index in [1.54, 1.807) is 0 Å². The van der Waals surface area contributed by atoms with Crippen LogP contribution >= 0.6 is 31.9 Å². The minimum Gasteiger partial charge on any atom is -0.194 e. The van der Waals surface area contributed by atoms with Gasteiger partial charge >= 0.3 is 59.5 Å². The van der Waals surface area contributed by atoms with Crippen molar-refractivity contribution in [3.05, 3.63) is 34.9 Å². The van der Waals surface area contributed by atoms with Crippen molar-refractivity contribution in [2.24, 2.45) is 0 Å². The van der Waals surface area contributed by atoms with Gasteiger partial charge in [-0.15, -0.1) is 0 Å². The van der Waals surface area contributed by atoms with Crippen LogP contribution in [0.4, 0.5) is 92.2 Å². The summed E-state index contributed by atoms with van der Waals surface area (Å²) in [6.07, 6.45) is -8.01. The lowest BCUT2D eigenvalue weighted by Crippen LogP contribution is -2.76. The molecule has 1 rings (SSSR count). The Hall–Kier alpha value is -1.29. The van der Waals surface area contributed by atoms with Gasteiger partial charge in [0.1, 0.15) is 0 Å². The molecular weight excluding hydrogens is 775 g/mol. The second-order valence-corrected chi connectivity index (χ2v) is 9.05. The smallest absolute Gasteiger partial charge is 0.194 e. The van der Waals surface area contributed by atoms with Gasteiger partial charge in [0.05, 0.1) is 0 Å². The first kappa shape index (κ1) is 37.7. The average Bonchev–Trinajstić information content (AvgIpc) is 2.81. The van der Waals surface area contributed by atoms with Crippen molar-refractivity contribution in [2.45, 2.75) is 70.1 Å². The fourth-order valence-electron chi connectivity index (χ4n) is 2.84. The fourth-order valence-corrected chi connectivity index (χ4v) is 3.68. The molecule has 0 aliphatic carbocycles. The maximum absolute atomic E-state index is 14.6. The summed E-state index contributed by atoms with van der Waals surface area (Å²) < 4.78 is 285. The van der Waals surface area contributed by atoms with E-state index in [0.29, 0.717) is 6.07 Å². The molecule has 0 bridgehead atoms. The zero-order chi connectivity index (χ0) is 33.3. The zero-order valence-corrected chi connectivity index (χ0v) is 21.5. The number of halogens is 23. The van der Waals surface area contributed by atoms with Crippen LogP contribution in [0, 0.1) is 0 Å². The van der Waals surface area contributed by atoms with E-state index in [0.717, 1.165) is 6.07 Å². The Labute approximate surface area is 229 Å². The topological polar surface area (TPSA) is 0 Å². The summed E-state index contributed by atoms with van der Waals surface area (Å²) in [5.41, 5.74) is -4.03. The van der Waals surface area contributed by atoms with E-state index in [9.17, 15) is 92.2 Å². The summed E-state index contributed by atoms with van der Waals surface area (Å²) in [7, 11) is 0. The molecule has 0 fully saturated rings. The molecule has 0 N–H and O–H groups in total. The highest BCUT2D eigenvalue weighted by molar-refractivity contribution is 9.08. The Morgan fingerprint density at radius 1 is 0.415 bits per heavy atom. The van der Waals surface area contributed by atoms with Crippen LogP contribution < -0.4 is 0 Å². The minimum atomic E-state index is -9.19. The maximum Gasteiger partial charge on any atom is 0.460 e. The van der Waals surface area contributed by atoms with E-state index in [1.165, 1.54) is 0 Å². The highest BCUT2D eigenvalue weighted by atomic mass is 79.9. The van der Waals surface area contributed by atoms with Gasteiger partial charge in [0, 0.05) is 16.2 Å². The van der Waals surface area contributed by atoms with Crippen molar-refractivity contribution in [1.82, 2.24) is 0 Å². The molecule has 41 heavy (non-hydrogen) atoms. The number of hydrogen-bond donors (Lipinski definition) is 0. The van der Waals surface area contributed by atoms with E-state index < -0.39 is 86.8 Å². The van der Waals surface area contributed by atoms with Gasteiger partial charge in [-0.2, -0.15) is 92.2 Å². The van der Waals surface area contributed by atoms with Crippen LogP contribution in [0.25, 0.3) is 0 Å². The molecule has 0 saturated heterocycles. The molecule has 0 spiro atoms. The Morgan fingerprint density at radius 2 is 0.732 bits per heavy atom. The van der Waals surface area contributed by atoms with Crippen LogP contribution in [0.2, 0.25) is 0 Å². The van der Waals surface area contributed by atoms with E-state index in [2.05, 4.69) is 31.9 Å². The molecule has 0 nitrogen and oxygen atoms in total. The molecule has 0 unspecified atom stereocenters. The first-order valence-corrected chi connectivity index (χ1v) is 11.7. The molecule has 0 radical (unpaired) electrons. The third kappa shape index (κ3) is 4.95. The fraction of sp³-hybridized carbons (Fsp3) is 0.667. The van der Waals surface area contributed by atoms with Gasteiger partial charge in [0.25, 0.3) is 0 Å². The molecule has 0 amide bonds. The van der Waals surface area contributed by atoms with Crippen molar-refractivity contribution in [2.75, 3.05) is 0 Å². The summed E-state index contributed by atoms with van der Waals surface area (Å²) in [4.78, 5) is 0. The quantitative estimate of drug-likeness (QED) is 0.155. The van der Waals surface area contributed by atoms with Gasteiger partial charge in [-0.25, -0.2) is 0 Å². The van der Waals surface area contributed by atoms with Gasteiger partial charge in [-0.3, -0.25) is 0 Å². The highest BCUT2D eigenvalue weighted by Gasteiger charge is 2.97. The molecule has 1 aromatic carbocycles. The van der Waals surface area contributed by atoms with E-state index in [-0.39, 0.29) is 6.07 Å². The number of hydrogen-bond acceptors (Lipinski definition) is 0. The normalized spacial score (nSPS) is 15.9. The van der Waals surface area contributed by atoms with Crippen LogP contribution in [-0.2, 0) is 16.6 Å². The largest absolute Gasteiger partial charge is 0.460 e. The average molecular weight is 782 g/mol. The van der Waals surface area contributed by atoms with Gasteiger partial charge in [0.15, 0.2) is 0 Å². The van der Waals surface area contributed by atoms with Crippen LogP contribution in [0.3, 0.4) is 0 Å². The number of benzene rings is 1. The van der Waals surface area contributed by atoms with Crippen LogP contribution in [0.1, 0.15) is 16.7 Å². The maximum atomic E-state index is 14.6. The van der Waals surface area contributed by atoms with Gasteiger partial charge in [-0.05, 0) is 17.2 Å². The number of rotatable bonds is 11. The van der Waals surface area contributed by atoms with E-state index in [4.69, 9.17) is 0 Å². The van der Waals surface area contributed by atoms with Crippen LogP contribution in [0.5, 0.6) is 0 Å². The second kappa shape index (κ2) is 10.4. The monoisotopic (exact) mass is 780 g/mol. The predicted octanol–water partition coefficient (Wildman–Crippen LogP) is 10.2. The molecule has 0 aromatic heterocycles.